The molecule has 22 heavy (non-hydrogen) atoms. The molecule has 1 aliphatic rings. The molecule has 0 aliphatic heterocycles. The van der Waals surface area contributed by atoms with E-state index in [1.165, 1.54) is 0 Å². The molecular formula is C16H13NO4S. The van der Waals surface area contributed by atoms with Crippen LogP contribution in [-0.4, -0.2) is 31.4 Å². The molecule has 3 rings (SSSR count). The van der Waals surface area contributed by atoms with Gasteiger partial charge in [0.1, 0.15) is 5.71 Å². The van der Waals surface area contributed by atoms with Gasteiger partial charge in [0.05, 0.1) is 4.90 Å². The summed E-state index contributed by atoms with van der Waals surface area (Å²) in [6, 6.07) is 11.9. The van der Waals surface area contributed by atoms with Crippen molar-refractivity contribution in [3.8, 4) is 11.1 Å². The molecule has 0 saturated carbocycles. The number of carbonyl (C=O) groups is 1. The third kappa shape index (κ3) is 2.42. The van der Waals surface area contributed by atoms with Crippen molar-refractivity contribution < 1.29 is 18.4 Å². The van der Waals surface area contributed by atoms with E-state index < -0.39 is 9.84 Å². The molecule has 2 aromatic carbocycles. The number of ketones is 1. The molecule has 6 heteroatoms. The summed E-state index contributed by atoms with van der Waals surface area (Å²) in [5.74, 6) is -0.271. The smallest absolute Gasteiger partial charge is 0.211 e. The van der Waals surface area contributed by atoms with Gasteiger partial charge < -0.3 is 5.21 Å². The van der Waals surface area contributed by atoms with E-state index in [1.807, 2.05) is 12.1 Å². The Kier molecular flexibility index (Phi) is 3.33. The molecule has 0 heterocycles. The van der Waals surface area contributed by atoms with Crippen molar-refractivity contribution in [1.82, 2.24) is 0 Å². The highest BCUT2D eigenvalue weighted by atomic mass is 32.2. The average Bonchev–Trinajstić information content (AvgIpc) is 2.82. The zero-order valence-corrected chi connectivity index (χ0v) is 12.6. The minimum absolute atomic E-state index is 0.138. The molecule has 0 atom stereocenters. The van der Waals surface area contributed by atoms with Gasteiger partial charge in [-0.05, 0) is 34.9 Å². The van der Waals surface area contributed by atoms with Crippen molar-refractivity contribution in [3.05, 3.63) is 53.6 Å². The van der Waals surface area contributed by atoms with Crippen LogP contribution >= 0.6 is 0 Å². The Hall–Kier alpha value is -2.47. The maximum Gasteiger partial charge on any atom is 0.211 e. The maximum atomic E-state index is 12.0. The summed E-state index contributed by atoms with van der Waals surface area (Å²) < 4.78 is 22.9. The summed E-state index contributed by atoms with van der Waals surface area (Å²) >= 11 is 0. The fraction of sp³-hybridized carbons (Fsp3) is 0.125. The van der Waals surface area contributed by atoms with Crippen LogP contribution < -0.4 is 0 Å². The number of Topliss-reactive ketones (excluding diaryl/α,β-unsaturated/α-hetero) is 1. The third-order valence-corrected chi connectivity index (χ3v) is 4.84. The summed E-state index contributed by atoms with van der Waals surface area (Å²) in [5, 5.41) is 11.8. The predicted molar refractivity (Wildman–Crippen MR) is 82.2 cm³/mol. The van der Waals surface area contributed by atoms with Gasteiger partial charge in [-0.15, -0.1) is 0 Å². The number of oxime groups is 1. The Morgan fingerprint density at radius 1 is 1.05 bits per heavy atom. The van der Waals surface area contributed by atoms with Crippen molar-refractivity contribution in [2.45, 2.75) is 11.3 Å². The van der Waals surface area contributed by atoms with Crippen LogP contribution in [0.2, 0.25) is 0 Å². The van der Waals surface area contributed by atoms with Gasteiger partial charge in [0.15, 0.2) is 9.84 Å². The standard InChI is InChI=1S/C16H13NO4S/c1-22(20,21)13-6-4-10(5-7-13)11-2-3-12-9-15(17-19)16(18)14(12)8-11/h2-8,19H,9H2,1H3/b17-15-. The van der Waals surface area contributed by atoms with Crippen LogP contribution in [-0.2, 0) is 16.3 Å². The molecule has 0 bridgehead atoms. The van der Waals surface area contributed by atoms with Crippen molar-refractivity contribution >= 4 is 21.3 Å². The van der Waals surface area contributed by atoms with Gasteiger partial charge in [-0.25, -0.2) is 8.42 Å². The van der Waals surface area contributed by atoms with Crippen LogP contribution in [0.3, 0.4) is 0 Å². The van der Waals surface area contributed by atoms with Crippen molar-refractivity contribution in [2.75, 3.05) is 6.26 Å². The summed E-state index contributed by atoms with van der Waals surface area (Å²) in [7, 11) is -3.23. The van der Waals surface area contributed by atoms with E-state index in [-0.39, 0.29) is 16.4 Å². The fourth-order valence-corrected chi connectivity index (χ4v) is 3.14. The highest BCUT2D eigenvalue weighted by molar-refractivity contribution is 7.90. The Balaban J connectivity index is 2.02. The van der Waals surface area contributed by atoms with Crippen molar-refractivity contribution in [1.29, 1.82) is 0 Å². The Labute approximate surface area is 127 Å². The van der Waals surface area contributed by atoms with E-state index in [1.54, 1.807) is 30.3 Å². The number of fused-ring (bicyclic) bond motifs is 1. The lowest BCUT2D eigenvalue weighted by atomic mass is 10.0. The van der Waals surface area contributed by atoms with E-state index in [2.05, 4.69) is 5.16 Å². The summed E-state index contributed by atoms with van der Waals surface area (Å²) in [6.07, 6.45) is 1.49. The lowest BCUT2D eigenvalue weighted by Crippen LogP contribution is -2.06. The number of nitrogens with zero attached hydrogens (tertiary/aromatic N) is 1. The van der Waals surface area contributed by atoms with Crippen LogP contribution in [0.4, 0.5) is 0 Å². The monoisotopic (exact) mass is 315 g/mol. The van der Waals surface area contributed by atoms with E-state index >= 15 is 0 Å². The number of carbonyl (C=O) groups excluding carboxylic acids is 1. The normalized spacial score (nSPS) is 16.0. The lowest BCUT2D eigenvalue weighted by molar-refractivity contribution is 0.106. The number of sulfone groups is 1. The van der Waals surface area contributed by atoms with Crippen LogP contribution in [0.25, 0.3) is 11.1 Å². The minimum Gasteiger partial charge on any atom is -0.411 e. The highest BCUT2D eigenvalue weighted by Gasteiger charge is 2.27. The van der Waals surface area contributed by atoms with E-state index in [0.29, 0.717) is 12.0 Å². The molecule has 0 unspecified atom stereocenters. The van der Waals surface area contributed by atoms with Gasteiger partial charge in [0.25, 0.3) is 0 Å². The molecule has 0 amide bonds. The first-order chi connectivity index (χ1) is 10.4. The van der Waals surface area contributed by atoms with Gasteiger partial charge in [0, 0.05) is 18.2 Å². The van der Waals surface area contributed by atoms with E-state index in [0.717, 1.165) is 22.9 Å². The first-order valence-electron chi connectivity index (χ1n) is 6.59. The molecule has 0 radical (unpaired) electrons. The second-order valence-electron chi connectivity index (χ2n) is 5.22. The first kappa shape index (κ1) is 14.5. The predicted octanol–water partition coefficient (Wildman–Crippen LogP) is 2.33. The quantitative estimate of drug-likeness (QED) is 0.681. The molecule has 5 nitrogen and oxygen atoms in total. The molecule has 0 fully saturated rings. The van der Waals surface area contributed by atoms with Gasteiger partial charge in [-0.2, -0.15) is 0 Å². The molecule has 1 aliphatic carbocycles. The van der Waals surface area contributed by atoms with Gasteiger partial charge >= 0.3 is 0 Å². The molecule has 112 valence electrons. The van der Waals surface area contributed by atoms with Gasteiger partial charge in [0.2, 0.25) is 5.78 Å². The molecular weight excluding hydrogens is 302 g/mol. The second kappa shape index (κ2) is 5.06. The van der Waals surface area contributed by atoms with Crippen molar-refractivity contribution in [2.24, 2.45) is 5.16 Å². The molecule has 0 saturated heterocycles. The van der Waals surface area contributed by atoms with Gasteiger partial charge in [-0.3, -0.25) is 4.79 Å². The summed E-state index contributed by atoms with van der Waals surface area (Å²) in [6.45, 7) is 0. The van der Waals surface area contributed by atoms with Crippen LogP contribution in [0.15, 0.2) is 52.5 Å². The summed E-state index contributed by atoms with van der Waals surface area (Å²) in [5.41, 5.74) is 3.12. The Morgan fingerprint density at radius 2 is 1.68 bits per heavy atom. The van der Waals surface area contributed by atoms with E-state index in [4.69, 9.17) is 5.21 Å². The number of rotatable bonds is 2. The van der Waals surface area contributed by atoms with Crippen LogP contribution in [0.5, 0.6) is 0 Å². The number of hydrogen-bond acceptors (Lipinski definition) is 5. The van der Waals surface area contributed by atoms with Crippen LogP contribution in [0, 0.1) is 0 Å². The molecule has 2 aromatic rings. The largest absolute Gasteiger partial charge is 0.411 e. The number of hydrogen-bond donors (Lipinski definition) is 1. The summed E-state index contributed by atoms with van der Waals surface area (Å²) in [4.78, 5) is 12.3. The SMILES string of the molecule is CS(=O)(=O)c1ccc(-c2ccc3c(c2)C(=O)/C(=N\O)C3)cc1. The Morgan fingerprint density at radius 3 is 2.27 bits per heavy atom. The molecule has 1 N–H and O–H groups in total. The Bertz CT molecular complexity index is 896. The highest BCUT2D eigenvalue weighted by Crippen LogP contribution is 2.28. The second-order valence-corrected chi connectivity index (χ2v) is 7.24. The lowest BCUT2D eigenvalue weighted by Gasteiger charge is -2.05. The van der Waals surface area contributed by atoms with E-state index in [9.17, 15) is 13.2 Å². The maximum absolute atomic E-state index is 12.0. The first-order valence-corrected chi connectivity index (χ1v) is 8.48. The zero-order chi connectivity index (χ0) is 15.9. The van der Waals surface area contributed by atoms with Crippen molar-refractivity contribution in [3.63, 3.8) is 0 Å². The zero-order valence-electron chi connectivity index (χ0n) is 11.8. The molecule has 0 aromatic heterocycles. The third-order valence-electron chi connectivity index (χ3n) is 3.71. The van der Waals surface area contributed by atoms with Gasteiger partial charge in [-0.1, -0.05) is 29.4 Å². The number of benzene rings is 2. The topological polar surface area (TPSA) is 83.8 Å². The fourth-order valence-electron chi connectivity index (χ4n) is 2.51. The van der Waals surface area contributed by atoms with Crippen LogP contribution in [0.1, 0.15) is 15.9 Å². The minimum atomic E-state index is -3.23. The molecule has 0 spiro atoms. The average molecular weight is 315 g/mol.